The van der Waals surface area contributed by atoms with Crippen molar-refractivity contribution in [1.82, 2.24) is 19.7 Å². The zero-order valence-corrected chi connectivity index (χ0v) is 18.8. The van der Waals surface area contributed by atoms with Gasteiger partial charge in [0.25, 0.3) is 0 Å². The Labute approximate surface area is 183 Å². The Morgan fingerprint density at radius 3 is 2.74 bits per heavy atom. The summed E-state index contributed by atoms with van der Waals surface area (Å²) in [7, 11) is 0. The van der Waals surface area contributed by atoms with E-state index in [0.29, 0.717) is 30.4 Å². The molecule has 2 aromatic heterocycles. The molecule has 7 heteroatoms. The van der Waals surface area contributed by atoms with Gasteiger partial charge in [-0.25, -0.2) is 14.8 Å². The van der Waals surface area contributed by atoms with Crippen LogP contribution in [0.4, 0.5) is 5.82 Å². The van der Waals surface area contributed by atoms with Crippen LogP contribution in [0.3, 0.4) is 0 Å². The summed E-state index contributed by atoms with van der Waals surface area (Å²) in [5.74, 6) is 0.812. The average molecular weight is 420 g/mol. The lowest BCUT2D eigenvalue weighted by Gasteiger charge is -2.31. The highest BCUT2D eigenvalue weighted by Crippen LogP contribution is 2.30. The molecule has 1 aliphatic rings. The van der Waals surface area contributed by atoms with Gasteiger partial charge in [-0.15, -0.1) is 0 Å². The molecular formula is C24H29N5O2. The summed E-state index contributed by atoms with van der Waals surface area (Å²) in [5.41, 5.74) is 4.79. The molecule has 3 heterocycles. The van der Waals surface area contributed by atoms with Crippen LogP contribution in [-0.4, -0.2) is 38.9 Å². The lowest BCUT2D eigenvalue weighted by Crippen LogP contribution is -2.35. The number of carbonyl (C=O) groups excluding carboxylic acids is 1. The van der Waals surface area contributed by atoms with Gasteiger partial charge in [0.1, 0.15) is 11.4 Å². The van der Waals surface area contributed by atoms with Gasteiger partial charge in [-0.3, -0.25) is 4.68 Å². The van der Waals surface area contributed by atoms with E-state index in [1.165, 1.54) is 5.69 Å². The van der Waals surface area contributed by atoms with Gasteiger partial charge in [0.15, 0.2) is 5.82 Å². The number of carbonyl (C=O) groups is 1. The SMILES string of the molecule is CCOC(=O)c1cnc(-c2cccc(C)c2)nc1N1CCc2c(cnn2C(C)(C)C)C1. The molecule has 0 spiro atoms. The summed E-state index contributed by atoms with van der Waals surface area (Å²) in [6.45, 7) is 12.0. The summed E-state index contributed by atoms with van der Waals surface area (Å²) in [6, 6.07) is 8.06. The molecule has 4 rings (SSSR count). The van der Waals surface area contributed by atoms with Crippen molar-refractivity contribution in [2.75, 3.05) is 18.1 Å². The van der Waals surface area contributed by atoms with Crippen molar-refractivity contribution in [2.45, 2.75) is 53.1 Å². The number of hydrogen-bond donors (Lipinski definition) is 0. The van der Waals surface area contributed by atoms with E-state index in [1.807, 2.05) is 37.4 Å². The van der Waals surface area contributed by atoms with E-state index in [4.69, 9.17) is 9.72 Å². The smallest absolute Gasteiger partial charge is 0.343 e. The summed E-state index contributed by atoms with van der Waals surface area (Å²) in [6.07, 6.45) is 4.35. The Balaban J connectivity index is 1.74. The molecule has 0 fully saturated rings. The maximum Gasteiger partial charge on any atom is 0.343 e. The predicted octanol–water partition coefficient (Wildman–Crippen LogP) is 4.14. The highest BCUT2D eigenvalue weighted by molar-refractivity contribution is 5.95. The van der Waals surface area contributed by atoms with Gasteiger partial charge >= 0.3 is 5.97 Å². The first-order valence-electron chi connectivity index (χ1n) is 10.7. The van der Waals surface area contributed by atoms with Crippen molar-refractivity contribution < 1.29 is 9.53 Å². The van der Waals surface area contributed by atoms with Crippen LogP contribution < -0.4 is 4.90 Å². The first-order valence-corrected chi connectivity index (χ1v) is 10.7. The molecule has 7 nitrogen and oxygen atoms in total. The Morgan fingerprint density at radius 2 is 2.03 bits per heavy atom. The summed E-state index contributed by atoms with van der Waals surface area (Å²) in [4.78, 5) is 24.1. The fraction of sp³-hybridized carbons (Fsp3) is 0.417. The summed E-state index contributed by atoms with van der Waals surface area (Å²) >= 11 is 0. The van der Waals surface area contributed by atoms with Crippen LogP contribution in [0.5, 0.6) is 0 Å². The van der Waals surface area contributed by atoms with E-state index in [0.717, 1.165) is 29.7 Å². The number of ether oxygens (including phenoxy) is 1. The highest BCUT2D eigenvalue weighted by atomic mass is 16.5. The fourth-order valence-electron chi connectivity index (χ4n) is 3.98. The standard InChI is InChI=1S/C24H29N5O2/c1-6-31-23(30)19-14-25-21(17-9-7-8-16(2)12-17)27-22(19)28-11-10-20-18(15-28)13-26-29(20)24(3,4)5/h7-9,12-14H,6,10-11,15H2,1-5H3. The Morgan fingerprint density at radius 1 is 1.23 bits per heavy atom. The zero-order chi connectivity index (χ0) is 22.2. The minimum atomic E-state index is -0.399. The number of aryl methyl sites for hydroxylation is 1. The average Bonchev–Trinajstić information content (AvgIpc) is 3.17. The van der Waals surface area contributed by atoms with Crippen molar-refractivity contribution in [1.29, 1.82) is 0 Å². The number of nitrogens with zero attached hydrogens (tertiary/aromatic N) is 5. The summed E-state index contributed by atoms with van der Waals surface area (Å²) < 4.78 is 7.38. The van der Waals surface area contributed by atoms with Crippen LogP contribution in [-0.2, 0) is 23.2 Å². The second kappa shape index (κ2) is 8.13. The van der Waals surface area contributed by atoms with E-state index in [2.05, 4.69) is 40.4 Å². The molecule has 1 aliphatic heterocycles. The molecule has 31 heavy (non-hydrogen) atoms. The largest absolute Gasteiger partial charge is 0.462 e. The molecule has 0 saturated carbocycles. The van der Waals surface area contributed by atoms with Crippen LogP contribution in [0.2, 0.25) is 0 Å². The van der Waals surface area contributed by atoms with Crippen LogP contribution in [0, 0.1) is 6.92 Å². The molecule has 1 aromatic carbocycles. The first kappa shape index (κ1) is 21.0. The molecule has 0 saturated heterocycles. The molecule has 0 unspecified atom stereocenters. The lowest BCUT2D eigenvalue weighted by molar-refractivity contribution is 0.0526. The monoisotopic (exact) mass is 419 g/mol. The minimum Gasteiger partial charge on any atom is -0.462 e. The second-order valence-electron chi connectivity index (χ2n) is 8.89. The van der Waals surface area contributed by atoms with Gasteiger partial charge in [0.05, 0.1) is 18.3 Å². The van der Waals surface area contributed by atoms with Crippen LogP contribution in [0.1, 0.15) is 54.9 Å². The van der Waals surface area contributed by atoms with Crippen LogP contribution in [0.15, 0.2) is 36.7 Å². The number of esters is 1. The van der Waals surface area contributed by atoms with Gasteiger partial charge in [-0.1, -0.05) is 23.8 Å². The molecular weight excluding hydrogens is 390 g/mol. The van der Waals surface area contributed by atoms with Crippen LogP contribution >= 0.6 is 0 Å². The van der Waals surface area contributed by atoms with Gasteiger partial charge in [0.2, 0.25) is 0 Å². The fourth-order valence-corrected chi connectivity index (χ4v) is 3.98. The molecule has 0 amide bonds. The first-order chi connectivity index (χ1) is 14.8. The third-order valence-electron chi connectivity index (χ3n) is 5.41. The number of benzene rings is 1. The topological polar surface area (TPSA) is 73.1 Å². The number of anilines is 1. The Kier molecular flexibility index (Phi) is 5.52. The number of aromatic nitrogens is 4. The second-order valence-corrected chi connectivity index (χ2v) is 8.89. The lowest BCUT2D eigenvalue weighted by atomic mass is 10.0. The third-order valence-corrected chi connectivity index (χ3v) is 5.41. The summed E-state index contributed by atoms with van der Waals surface area (Å²) in [5, 5.41) is 4.62. The van der Waals surface area contributed by atoms with E-state index in [-0.39, 0.29) is 5.54 Å². The minimum absolute atomic E-state index is 0.0703. The molecule has 0 radical (unpaired) electrons. The van der Waals surface area contributed by atoms with Crippen molar-refractivity contribution in [3.63, 3.8) is 0 Å². The Bertz CT molecular complexity index is 1110. The third kappa shape index (κ3) is 4.17. The van der Waals surface area contributed by atoms with Gasteiger partial charge < -0.3 is 9.64 Å². The number of hydrogen-bond acceptors (Lipinski definition) is 6. The van der Waals surface area contributed by atoms with Crippen molar-refractivity contribution in [3.05, 3.63) is 59.0 Å². The number of rotatable bonds is 4. The van der Waals surface area contributed by atoms with E-state index >= 15 is 0 Å². The normalized spacial score (nSPS) is 13.8. The molecule has 3 aromatic rings. The van der Waals surface area contributed by atoms with Crippen molar-refractivity contribution in [3.8, 4) is 11.4 Å². The zero-order valence-electron chi connectivity index (χ0n) is 18.8. The molecule has 0 atom stereocenters. The molecule has 0 aliphatic carbocycles. The van der Waals surface area contributed by atoms with Gasteiger partial charge in [-0.2, -0.15) is 5.10 Å². The van der Waals surface area contributed by atoms with E-state index < -0.39 is 5.97 Å². The molecule has 0 N–H and O–H groups in total. The number of fused-ring (bicyclic) bond motifs is 1. The maximum atomic E-state index is 12.6. The molecule has 0 bridgehead atoms. The van der Waals surface area contributed by atoms with Gasteiger partial charge in [-0.05, 0) is 40.7 Å². The van der Waals surface area contributed by atoms with Gasteiger partial charge in [0, 0.05) is 42.5 Å². The predicted molar refractivity (Wildman–Crippen MR) is 120 cm³/mol. The highest BCUT2D eigenvalue weighted by Gasteiger charge is 2.29. The van der Waals surface area contributed by atoms with Crippen molar-refractivity contribution in [2.24, 2.45) is 0 Å². The Hall–Kier alpha value is -3.22. The maximum absolute atomic E-state index is 12.6. The van der Waals surface area contributed by atoms with E-state index in [1.54, 1.807) is 13.1 Å². The van der Waals surface area contributed by atoms with Crippen LogP contribution in [0.25, 0.3) is 11.4 Å². The molecule has 162 valence electrons. The van der Waals surface area contributed by atoms with E-state index in [9.17, 15) is 4.79 Å². The van der Waals surface area contributed by atoms with Crippen molar-refractivity contribution >= 4 is 11.8 Å². The quantitative estimate of drug-likeness (QED) is 0.592.